The van der Waals surface area contributed by atoms with Crippen molar-refractivity contribution in [2.75, 3.05) is 13.7 Å². The van der Waals surface area contributed by atoms with Gasteiger partial charge in [-0.05, 0) is 37.1 Å². The molecular formula is C23H24N4O3. The summed E-state index contributed by atoms with van der Waals surface area (Å²) in [6, 6.07) is 14.9. The summed E-state index contributed by atoms with van der Waals surface area (Å²) in [4.78, 5) is 25.8. The number of aryl methyl sites for hydroxylation is 1. The van der Waals surface area contributed by atoms with E-state index in [1.807, 2.05) is 60.0 Å². The lowest BCUT2D eigenvalue weighted by molar-refractivity contribution is -0.123. The Morgan fingerprint density at radius 1 is 1.17 bits per heavy atom. The summed E-state index contributed by atoms with van der Waals surface area (Å²) < 4.78 is 8.36. The van der Waals surface area contributed by atoms with Crippen LogP contribution in [0.25, 0.3) is 21.8 Å². The van der Waals surface area contributed by atoms with Gasteiger partial charge in [0.1, 0.15) is 17.3 Å². The number of methoxy groups -OCH3 is 1. The highest BCUT2D eigenvalue weighted by Crippen LogP contribution is 2.29. The molecule has 1 amide bonds. The molecule has 7 heteroatoms. The molecule has 0 saturated heterocycles. The van der Waals surface area contributed by atoms with E-state index in [1.165, 1.54) is 4.68 Å². The van der Waals surface area contributed by atoms with Gasteiger partial charge in [0.05, 0.1) is 18.8 Å². The highest BCUT2D eigenvalue weighted by Gasteiger charge is 2.22. The van der Waals surface area contributed by atoms with Crippen LogP contribution in [0.4, 0.5) is 0 Å². The number of ether oxygens (including phenoxy) is 1. The van der Waals surface area contributed by atoms with Gasteiger partial charge in [0.2, 0.25) is 5.91 Å². The highest BCUT2D eigenvalue weighted by molar-refractivity contribution is 6.08. The van der Waals surface area contributed by atoms with E-state index in [1.54, 1.807) is 20.4 Å². The number of hydrogen-bond acceptors (Lipinski definition) is 4. The van der Waals surface area contributed by atoms with Gasteiger partial charge in [-0.1, -0.05) is 30.3 Å². The predicted octanol–water partition coefficient (Wildman–Crippen LogP) is 2.82. The summed E-state index contributed by atoms with van der Waals surface area (Å²) in [7, 11) is 3.25. The molecule has 0 bridgehead atoms. The first-order valence-electron chi connectivity index (χ1n) is 9.87. The van der Waals surface area contributed by atoms with Gasteiger partial charge in [-0.25, -0.2) is 4.68 Å². The topological polar surface area (TPSA) is 78.2 Å². The van der Waals surface area contributed by atoms with E-state index in [-0.39, 0.29) is 11.5 Å². The fourth-order valence-corrected chi connectivity index (χ4v) is 3.81. The van der Waals surface area contributed by atoms with Gasteiger partial charge in [0, 0.05) is 24.4 Å². The summed E-state index contributed by atoms with van der Waals surface area (Å²) >= 11 is 0. The standard InChI is InChI=1S/C23H24N4O3/c1-15(22(28)24-12-11-16-7-6-8-17(13-16)30-3)27-20-10-5-4-9-18(20)19-14-25-26(2)23(29)21(19)27/h4-10,13-15H,11-12H2,1-3H3,(H,24,28). The molecule has 30 heavy (non-hydrogen) atoms. The molecule has 0 aliphatic carbocycles. The van der Waals surface area contributed by atoms with Crippen LogP contribution >= 0.6 is 0 Å². The van der Waals surface area contributed by atoms with Crippen LogP contribution in [0.3, 0.4) is 0 Å². The zero-order chi connectivity index (χ0) is 21.3. The Hall–Kier alpha value is -3.61. The molecule has 7 nitrogen and oxygen atoms in total. The lowest BCUT2D eigenvalue weighted by atomic mass is 10.1. The Bertz CT molecular complexity index is 1290. The number of carbonyl (C=O) groups excluding carboxylic acids is 1. The second kappa shape index (κ2) is 8.02. The summed E-state index contributed by atoms with van der Waals surface area (Å²) in [5, 5.41) is 8.81. The molecular weight excluding hydrogens is 380 g/mol. The van der Waals surface area contributed by atoms with Crippen LogP contribution in [0.5, 0.6) is 5.75 Å². The van der Waals surface area contributed by atoms with E-state index in [9.17, 15) is 9.59 Å². The molecule has 0 aliphatic rings. The lowest BCUT2D eigenvalue weighted by Crippen LogP contribution is -2.33. The number of nitrogens with one attached hydrogen (secondary N) is 1. The second-order valence-corrected chi connectivity index (χ2v) is 7.29. The van der Waals surface area contributed by atoms with E-state index in [0.717, 1.165) is 27.6 Å². The van der Waals surface area contributed by atoms with Crippen molar-refractivity contribution < 1.29 is 9.53 Å². The summed E-state index contributed by atoms with van der Waals surface area (Å²) in [5.41, 5.74) is 2.19. The van der Waals surface area contributed by atoms with Crippen LogP contribution in [-0.2, 0) is 18.3 Å². The van der Waals surface area contributed by atoms with Gasteiger partial charge in [-0.2, -0.15) is 5.10 Å². The van der Waals surface area contributed by atoms with Crippen molar-refractivity contribution in [3.05, 3.63) is 70.6 Å². The number of aromatic nitrogens is 3. The molecule has 0 aliphatic heterocycles. The largest absolute Gasteiger partial charge is 0.497 e. The molecule has 2 aromatic carbocycles. The zero-order valence-corrected chi connectivity index (χ0v) is 17.3. The number of para-hydroxylation sites is 1. The molecule has 4 rings (SSSR count). The van der Waals surface area contributed by atoms with Crippen molar-refractivity contribution in [1.82, 2.24) is 19.7 Å². The Labute approximate surface area is 173 Å². The molecule has 2 aromatic heterocycles. The number of amides is 1. The van der Waals surface area contributed by atoms with Crippen LogP contribution in [0.15, 0.2) is 59.5 Å². The quantitative estimate of drug-likeness (QED) is 0.536. The SMILES string of the molecule is COc1cccc(CCNC(=O)C(C)n2c3ccccc3c3cnn(C)c(=O)c32)c1. The van der Waals surface area contributed by atoms with Crippen LogP contribution < -0.4 is 15.6 Å². The summed E-state index contributed by atoms with van der Waals surface area (Å²) in [6.07, 6.45) is 2.37. The maximum absolute atomic E-state index is 13.0. The number of nitrogens with zero attached hydrogens (tertiary/aromatic N) is 3. The molecule has 4 aromatic rings. The van der Waals surface area contributed by atoms with Crippen molar-refractivity contribution >= 4 is 27.7 Å². The van der Waals surface area contributed by atoms with E-state index < -0.39 is 6.04 Å². The minimum atomic E-state index is -0.548. The van der Waals surface area contributed by atoms with Crippen LogP contribution in [-0.4, -0.2) is 33.9 Å². The molecule has 1 atom stereocenters. The van der Waals surface area contributed by atoms with E-state index in [0.29, 0.717) is 18.5 Å². The van der Waals surface area contributed by atoms with Gasteiger partial charge in [-0.15, -0.1) is 0 Å². The molecule has 0 fully saturated rings. The zero-order valence-electron chi connectivity index (χ0n) is 17.3. The summed E-state index contributed by atoms with van der Waals surface area (Å²) in [6.45, 7) is 2.31. The van der Waals surface area contributed by atoms with Crippen LogP contribution in [0.1, 0.15) is 18.5 Å². The Kier molecular flexibility index (Phi) is 5.27. The molecule has 2 heterocycles. The first-order chi connectivity index (χ1) is 14.5. The van der Waals surface area contributed by atoms with E-state index in [2.05, 4.69) is 10.4 Å². The number of rotatable bonds is 6. The monoisotopic (exact) mass is 404 g/mol. The van der Waals surface area contributed by atoms with Crippen molar-refractivity contribution in [2.24, 2.45) is 7.05 Å². The van der Waals surface area contributed by atoms with Crippen LogP contribution in [0, 0.1) is 0 Å². The molecule has 154 valence electrons. The number of benzene rings is 2. The normalized spacial score (nSPS) is 12.2. The highest BCUT2D eigenvalue weighted by atomic mass is 16.5. The van der Waals surface area contributed by atoms with Gasteiger partial charge >= 0.3 is 0 Å². The van der Waals surface area contributed by atoms with Crippen molar-refractivity contribution in [3.8, 4) is 5.75 Å². The van der Waals surface area contributed by atoms with Gasteiger partial charge < -0.3 is 14.6 Å². The third-order valence-corrected chi connectivity index (χ3v) is 5.42. The molecule has 1 N–H and O–H groups in total. The fourth-order valence-electron chi connectivity index (χ4n) is 3.81. The Morgan fingerprint density at radius 3 is 2.77 bits per heavy atom. The Balaban J connectivity index is 1.62. The number of carbonyl (C=O) groups is 1. The number of fused-ring (bicyclic) bond motifs is 3. The average molecular weight is 404 g/mol. The maximum Gasteiger partial charge on any atom is 0.291 e. The van der Waals surface area contributed by atoms with Crippen LogP contribution in [0.2, 0.25) is 0 Å². The van der Waals surface area contributed by atoms with E-state index >= 15 is 0 Å². The molecule has 0 radical (unpaired) electrons. The second-order valence-electron chi connectivity index (χ2n) is 7.29. The molecule has 0 saturated carbocycles. The van der Waals surface area contributed by atoms with Crippen molar-refractivity contribution in [3.63, 3.8) is 0 Å². The third-order valence-electron chi connectivity index (χ3n) is 5.42. The Morgan fingerprint density at radius 2 is 1.97 bits per heavy atom. The van der Waals surface area contributed by atoms with Crippen molar-refractivity contribution in [2.45, 2.75) is 19.4 Å². The maximum atomic E-state index is 13.0. The van der Waals surface area contributed by atoms with E-state index in [4.69, 9.17) is 4.74 Å². The smallest absolute Gasteiger partial charge is 0.291 e. The minimum Gasteiger partial charge on any atom is -0.497 e. The molecule has 1 unspecified atom stereocenters. The van der Waals surface area contributed by atoms with Gasteiger partial charge in [-0.3, -0.25) is 9.59 Å². The lowest BCUT2D eigenvalue weighted by Gasteiger charge is -2.16. The first kappa shape index (κ1) is 19.7. The minimum absolute atomic E-state index is 0.139. The van der Waals surface area contributed by atoms with Crippen molar-refractivity contribution in [1.29, 1.82) is 0 Å². The van der Waals surface area contributed by atoms with Gasteiger partial charge in [0.25, 0.3) is 5.56 Å². The number of hydrogen-bond donors (Lipinski definition) is 1. The van der Waals surface area contributed by atoms with Gasteiger partial charge in [0.15, 0.2) is 0 Å². The first-order valence-corrected chi connectivity index (χ1v) is 9.87. The predicted molar refractivity (Wildman–Crippen MR) is 117 cm³/mol. The third kappa shape index (κ3) is 3.43. The fraction of sp³-hybridized carbons (Fsp3) is 0.261. The average Bonchev–Trinajstić information content (AvgIpc) is 3.11. The molecule has 0 spiro atoms. The summed E-state index contributed by atoms with van der Waals surface area (Å²) in [5.74, 6) is 0.654.